The van der Waals surface area contributed by atoms with Crippen LogP contribution in [0.25, 0.3) is 0 Å². The Bertz CT molecular complexity index is 532. The van der Waals surface area contributed by atoms with Crippen molar-refractivity contribution in [3.05, 3.63) is 52.3 Å². The third-order valence-corrected chi connectivity index (χ3v) is 3.68. The van der Waals surface area contributed by atoms with E-state index < -0.39 is 0 Å². The average molecular weight is 285 g/mol. The van der Waals surface area contributed by atoms with Crippen molar-refractivity contribution in [2.45, 2.75) is 10.6 Å². The van der Waals surface area contributed by atoms with Crippen LogP contribution in [0.3, 0.4) is 0 Å². The van der Waals surface area contributed by atoms with Gasteiger partial charge >= 0.3 is 0 Å². The zero-order chi connectivity index (χ0) is 12.3. The molecule has 0 aliphatic carbocycles. The van der Waals surface area contributed by atoms with Gasteiger partial charge in [0.2, 0.25) is 0 Å². The van der Waals surface area contributed by atoms with E-state index in [1.54, 1.807) is 23.9 Å². The first-order valence-electron chi connectivity index (χ1n) is 4.94. The molecule has 0 spiro atoms. The normalized spacial score (nSPS) is 10.5. The molecule has 0 unspecified atom stereocenters. The number of rotatable bonds is 3. The minimum atomic E-state index is 0.456. The Morgan fingerprint density at radius 3 is 2.76 bits per heavy atom. The van der Waals surface area contributed by atoms with E-state index in [2.05, 4.69) is 4.98 Å². The van der Waals surface area contributed by atoms with E-state index in [0.29, 0.717) is 15.9 Å². The molecule has 17 heavy (non-hydrogen) atoms. The Hall–Kier alpha value is -0.900. The highest BCUT2D eigenvalue weighted by Crippen LogP contribution is 2.27. The highest BCUT2D eigenvalue weighted by Gasteiger charge is 2.04. The predicted octanol–water partition coefficient (Wildman–Crippen LogP) is 4.26. The van der Waals surface area contributed by atoms with E-state index in [1.807, 2.05) is 24.3 Å². The van der Waals surface area contributed by atoms with Crippen LogP contribution in [0, 0.1) is 0 Å². The maximum absolute atomic E-state index is 6.03. The Balaban J connectivity index is 2.09. The number of thioether (sulfide) groups is 1. The lowest BCUT2D eigenvalue weighted by Crippen LogP contribution is -1.89. The molecule has 0 aliphatic rings. The third-order valence-electron chi connectivity index (χ3n) is 2.12. The summed E-state index contributed by atoms with van der Waals surface area (Å²) in [5, 5.41) is 1.09. The van der Waals surface area contributed by atoms with Crippen LogP contribution in [-0.4, -0.2) is 4.98 Å². The molecule has 0 amide bonds. The van der Waals surface area contributed by atoms with E-state index in [-0.39, 0.29) is 0 Å². The number of halogens is 2. The van der Waals surface area contributed by atoms with Gasteiger partial charge in [0.15, 0.2) is 0 Å². The van der Waals surface area contributed by atoms with Crippen LogP contribution in [0.1, 0.15) is 5.69 Å². The Morgan fingerprint density at radius 1 is 1.18 bits per heavy atom. The predicted molar refractivity (Wildman–Crippen MR) is 74.7 cm³/mol. The van der Waals surface area contributed by atoms with Gasteiger partial charge in [-0.3, -0.25) is 0 Å². The molecule has 2 nitrogen and oxygen atoms in total. The van der Waals surface area contributed by atoms with Crippen LogP contribution >= 0.6 is 35.0 Å². The monoisotopic (exact) mass is 284 g/mol. The zero-order valence-electron chi connectivity index (χ0n) is 8.86. The standard InChI is InChI=1S/C12H10Cl2N2S/c13-10-4-5-12(14)16-11(10)7-17-9-3-1-2-8(15)6-9/h1-6H,7,15H2. The smallest absolute Gasteiger partial charge is 0.129 e. The first-order valence-corrected chi connectivity index (χ1v) is 6.68. The number of aromatic nitrogens is 1. The fourth-order valence-corrected chi connectivity index (χ4v) is 2.65. The fourth-order valence-electron chi connectivity index (χ4n) is 1.31. The van der Waals surface area contributed by atoms with Crippen LogP contribution < -0.4 is 5.73 Å². The average Bonchev–Trinajstić information content (AvgIpc) is 2.30. The van der Waals surface area contributed by atoms with Gasteiger partial charge < -0.3 is 5.73 Å². The molecule has 1 heterocycles. The molecule has 2 N–H and O–H groups in total. The molecule has 0 saturated carbocycles. The number of nitrogens with two attached hydrogens (primary N) is 1. The summed E-state index contributed by atoms with van der Waals surface area (Å²) >= 11 is 13.5. The van der Waals surface area contributed by atoms with Gasteiger partial charge in [0.05, 0.1) is 10.7 Å². The minimum Gasteiger partial charge on any atom is -0.399 e. The molecule has 0 aliphatic heterocycles. The lowest BCUT2D eigenvalue weighted by Gasteiger charge is -2.04. The summed E-state index contributed by atoms with van der Waals surface area (Å²) in [5.74, 6) is 0.669. The van der Waals surface area contributed by atoms with Gasteiger partial charge in [-0.05, 0) is 30.3 Å². The van der Waals surface area contributed by atoms with Crippen LogP contribution in [0.4, 0.5) is 5.69 Å². The van der Waals surface area contributed by atoms with E-state index >= 15 is 0 Å². The summed E-state index contributed by atoms with van der Waals surface area (Å²) in [6, 6.07) is 11.1. The van der Waals surface area contributed by atoms with Gasteiger partial charge in [-0.25, -0.2) is 4.98 Å². The van der Waals surface area contributed by atoms with Crippen molar-refractivity contribution in [3.8, 4) is 0 Å². The highest BCUT2D eigenvalue weighted by atomic mass is 35.5. The number of nitrogen functional groups attached to an aromatic ring is 1. The van der Waals surface area contributed by atoms with Gasteiger partial charge in [-0.15, -0.1) is 11.8 Å². The molecule has 0 bridgehead atoms. The lowest BCUT2D eigenvalue weighted by atomic mass is 10.3. The molecule has 88 valence electrons. The molecule has 0 atom stereocenters. The summed E-state index contributed by atoms with van der Waals surface area (Å²) in [7, 11) is 0. The fraction of sp³-hybridized carbons (Fsp3) is 0.0833. The molecule has 0 fully saturated rings. The van der Waals surface area contributed by atoms with Crippen molar-refractivity contribution >= 4 is 40.7 Å². The van der Waals surface area contributed by atoms with Crippen molar-refractivity contribution in [3.63, 3.8) is 0 Å². The van der Waals surface area contributed by atoms with Crippen molar-refractivity contribution in [1.29, 1.82) is 0 Å². The SMILES string of the molecule is Nc1cccc(SCc2nc(Cl)ccc2Cl)c1. The highest BCUT2D eigenvalue weighted by molar-refractivity contribution is 7.98. The van der Waals surface area contributed by atoms with Crippen molar-refractivity contribution in [2.75, 3.05) is 5.73 Å². The molecule has 5 heteroatoms. The maximum atomic E-state index is 6.03. The molecule has 0 radical (unpaired) electrons. The van der Waals surface area contributed by atoms with E-state index in [1.165, 1.54) is 0 Å². The first kappa shape index (κ1) is 12.6. The Labute approximate surface area is 114 Å². The summed E-state index contributed by atoms with van der Waals surface area (Å²) in [6.45, 7) is 0. The van der Waals surface area contributed by atoms with Crippen molar-refractivity contribution in [2.24, 2.45) is 0 Å². The van der Waals surface area contributed by atoms with Crippen LogP contribution in [0.2, 0.25) is 10.2 Å². The Morgan fingerprint density at radius 2 is 2.00 bits per heavy atom. The number of benzene rings is 1. The first-order chi connectivity index (χ1) is 8.15. The van der Waals surface area contributed by atoms with Gasteiger partial charge in [-0.1, -0.05) is 29.3 Å². The van der Waals surface area contributed by atoms with Crippen molar-refractivity contribution in [1.82, 2.24) is 4.98 Å². The van der Waals surface area contributed by atoms with Gasteiger partial charge in [0.1, 0.15) is 5.15 Å². The van der Waals surface area contributed by atoms with Crippen molar-refractivity contribution < 1.29 is 0 Å². The molecule has 1 aromatic heterocycles. The summed E-state index contributed by atoms with van der Waals surface area (Å²) in [4.78, 5) is 5.28. The number of anilines is 1. The molecule has 1 aromatic carbocycles. The second kappa shape index (κ2) is 5.63. The third kappa shape index (κ3) is 3.53. The molecular formula is C12H10Cl2N2S. The second-order valence-corrected chi connectivity index (χ2v) is 5.27. The second-order valence-electron chi connectivity index (χ2n) is 3.42. The molecule has 2 rings (SSSR count). The zero-order valence-corrected chi connectivity index (χ0v) is 11.2. The largest absolute Gasteiger partial charge is 0.399 e. The van der Waals surface area contributed by atoms with Crippen LogP contribution in [-0.2, 0) is 5.75 Å². The number of hydrogen-bond acceptors (Lipinski definition) is 3. The number of pyridine rings is 1. The van der Waals surface area contributed by atoms with E-state index in [4.69, 9.17) is 28.9 Å². The minimum absolute atomic E-state index is 0.456. The maximum Gasteiger partial charge on any atom is 0.129 e. The van der Waals surface area contributed by atoms with Crippen LogP contribution in [0.15, 0.2) is 41.3 Å². The van der Waals surface area contributed by atoms with Gasteiger partial charge in [-0.2, -0.15) is 0 Å². The molecule has 0 saturated heterocycles. The molecular weight excluding hydrogens is 275 g/mol. The summed E-state index contributed by atoms with van der Waals surface area (Å²) < 4.78 is 0. The summed E-state index contributed by atoms with van der Waals surface area (Å²) in [6.07, 6.45) is 0. The summed E-state index contributed by atoms with van der Waals surface area (Å²) in [5.41, 5.74) is 7.24. The topological polar surface area (TPSA) is 38.9 Å². The van der Waals surface area contributed by atoms with E-state index in [0.717, 1.165) is 16.3 Å². The van der Waals surface area contributed by atoms with Gasteiger partial charge in [0, 0.05) is 16.3 Å². The lowest BCUT2D eigenvalue weighted by molar-refractivity contribution is 1.17. The quantitative estimate of drug-likeness (QED) is 0.520. The van der Waals surface area contributed by atoms with Gasteiger partial charge in [0.25, 0.3) is 0 Å². The number of hydrogen-bond donors (Lipinski definition) is 1. The Kier molecular flexibility index (Phi) is 4.15. The van der Waals surface area contributed by atoms with E-state index in [9.17, 15) is 0 Å². The number of nitrogens with zero attached hydrogens (tertiary/aromatic N) is 1. The molecule has 2 aromatic rings. The van der Waals surface area contributed by atoms with Crippen LogP contribution in [0.5, 0.6) is 0 Å².